The minimum Gasteiger partial charge on any atom is -0.350 e. The smallest absolute Gasteiger partial charge is 0.160 e. The second-order valence-corrected chi connectivity index (χ2v) is 7.50. The van der Waals surface area contributed by atoms with Crippen LogP contribution in [-0.2, 0) is 7.05 Å². The molecule has 0 aromatic carbocycles. The van der Waals surface area contributed by atoms with Gasteiger partial charge in [-0.25, -0.2) is 0 Å². The summed E-state index contributed by atoms with van der Waals surface area (Å²) in [6.07, 6.45) is 1.86. The van der Waals surface area contributed by atoms with E-state index in [1.54, 1.807) is 0 Å². The number of nitrogens with zero attached hydrogens (tertiary/aromatic N) is 4. The van der Waals surface area contributed by atoms with E-state index in [0.717, 1.165) is 12.2 Å². The topological polar surface area (TPSA) is 33.4 Å². The van der Waals surface area contributed by atoms with Gasteiger partial charge in [0.25, 0.3) is 0 Å². The van der Waals surface area contributed by atoms with Gasteiger partial charge in [0.1, 0.15) is 6.04 Å². The maximum Gasteiger partial charge on any atom is 0.160 e. The Bertz CT molecular complexity index is 722. The van der Waals surface area contributed by atoms with Gasteiger partial charge in [0, 0.05) is 36.4 Å². The molecule has 4 heterocycles. The first-order chi connectivity index (χ1) is 10.6. The predicted octanol–water partition coefficient (Wildman–Crippen LogP) is 3.32. The van der Waals surface area contributed by atoms with Crippen LogP contribution in [-0.4, -0.2) is 31.4 Å². The van der Waals surface area contributed by atoms with Gasteiger partial charge in [-0.05, 0) is 31.2 Å². The largest absolute Gasteiger partial charge is 0.350 e. The van der Waals surface area contributed by atoms with E-state index in [1.165, 1.54) is 16.6 Å². The molecule has 0 N–H and O–H groups in total. The number of aromatic nitrogens is 2. The van der Waals surface area contributed by atoms with Crippen molar-refractivity contribution in [3.05, 3.63) is 53.6 Å². The monoisotopic (exact) mass is 312 g/mol. The quantitative estimate of drug-likeness (QED) is 0.853. The van der Waals surface area contributed by atoms with Crippen molar-refractivity contribution in [1.29, 1.82) is 0 Å². The van der Waals surface area contributed by atoms with Crippen molar-refractivity contribution in [1.82, 2.24) is 14.5 Å². The Labute approximate surface area is 135 Å². The van der Waals surface area contributed by atoms with Crippen molar-refractivity contribution in [2.24, 2.45) is 12.0 Å². The standard InChI is InChI=1S/C17H20N4S/c1-11-7-8-14(20(11)3)16-15(13-6-4-5-9-18-13)19-17-21(16)10-12(2)22-17/h4-9,12,15-16H,10H2,1-3H3/t12-,15+,16-/m0/s1. The lowest BCUT2D eigenvalue weighted by Gasteiger charge is -2.27. The average molecular weight is 312 g/mol. The number of pyridine rings is 1. The highest BCUT2D eigenvalue weighted by Gasteiger charge is 2.44. The van der Waals surface area contributed by atoms with Crippen molar-refractivity contribution < 1.29 is 0 Å². The molecule has 2 aliphatic rings. The highest BCUT2D eigenvalue weighted by Crippen LogP contribution is 2.47. The first-order valence-corrected chi connectivity index (χ1v) is 8.57. The van der Waals surface area contributed by atoms with Crippen LogP contribution in [0.25, 0.3) is 0 Å². The molecule has 0 bridgehead atoms. The molecule has 5 heteroatoms. The number of amidine groups is 1. The Morgan fingerprint density at radius 2 is 2.09 bits per heavy atom. The van der Waals surface area contributed by atoms with E-state index in [2.05, 4.69) is 59.6 Å². The molecule has 2 aromatic heterocycles. The van der Waals surface area contributed by atoms with Crippen LogP contribution >= 0.6 is 11.8 Å². The summed E-state index contributed by atoms with van der Waals surface area (Å²) in [5, 5.41) is 1.78. The second-order valence-electron chi connectivity index (χ2n) is 6.10. The summed E-state index contributed by atoms with van der Waals surface area (Å²) in [6, 6.07) is 10.9. The summed E-state index contributed by atoms with van der Waals surface area (Å²) >= 11 is 1.88. The normalized spacial score (nSPS) is 27.1. The lowest BCUT2D eigenvalue weighted by atomic mass is 10.0. The molecule has 114 valence electrons. The van der Waals surface area contributed by atoms with E-state index in [4.69, 9.17) is 4.99 Å². The van der Waals surface area contributed by atoms with Gasteiger partial charge in [-0.3, -0.25) is 9.98 Å². The number of rotatable bonds is 2. The third-order valence-corrected chi connectivity index (χ3v) is 5.70. The van der Waals surface area contributed by atoms with E-state index in [-0.39, 0.29) is 12.1 Å². The molecule has 2 aliphatic heterocycles. The first-order valence-electron chi connectivity index (χ1n) is 7.69. The van der Waals surface area contributed by atoms with E-state index in [1.807, 2.05) is 24.0 Å². The zero-order chi connectivity index (χ0) is 15.3. The van der Waals surface area contributed by atoms with Gasteiger partial charge in [0.05, 0.1) is 11.7 Å². The van der Waals surface area contributed by atoms with Crippen LogP contribution in [0.1, 0.15) is 36.1 Å². The summed E-state index contributed by atoms with van der Waals surface area (Å²) in [7, 11) is 2.14. The van der Waals surface area contributed by atoms with E-state index in [0.29, 0.717) is 5.25 Å². The van der Waals surface area contributed by atoms with Crippen LogP contribution in [0.15, 0.2) is 41.5 Å². The zero-order valence-electron chi connectivity index (χ0n) is 13.1. The number of hydrogen-bond acceptors (Lipinski definition) is 4. The SMILES string of the molecule is Cc1ccc([C@H]2[C@@H](c3ccccn3)N=C3S[C@@H](C)CN32)n1C. The molecule has 0 radical (unpaired) electrons. The fraction of sp³-hybridized carbons (Fsp3) is 0.412. The van der Waals surface area contributed by atoms with E-state index < -0.39 is 0 Å². The number of fused-ring (bicyclic) bond motifs is 1. The number of thioether (sulfide) groups is 1. The molecule has 3 atom stereocenters. The van der Waals surface area contributed by atoms with Crippen molar-refractivity contribution in [3.8, 4) is 0 Å². The van der Waals surface area contributed by atoms with Gasteiger partial charge in [-0.15, -0.1) is 0 Å². The maximum atomic E-state index is 5.01. The summed E-state index contributed by atoms with van der Waals surface area (Å²) in [5.74, 6) is 0. The summed E-state index contributed by atoms with van der Waals surface area (Å²) in [5.41, 5.74) is 3.66. The molecule has 0 amide bonds. The van der Waals surface area contributed by atoms with Gasteiger partial charge >= 0.3 is 0 Å². The maximum absolute atomic E-state index is 5.01. The second kappa shape index (κ2) is 5.16. The molecular weight excluding hydrogens is 292 g/mol. The van der Waals surface area contributed by atoms with Crippen molar-refractivity contribution in [2.45, 2.75) is 31.2 Å². The van der Waals surface area contributed by atoms with Crippen LogP contribution in [0.5, 0.6) is 0 Å². The molecule has 2 aromatic rings. The minimum absolute atomic E-state index is 0.0872. The van der Waals surface area contributed by atoms with Gasteiger partial charge in [0.2, 0.25) is 0 Å². The van der Waals surface area contributed by atoms with Crippen molar-refractivity contribution in [2.75, 3.05) is 6.54 Å². The Balaban J connectivity index is 1.80. The molecule has 1 saturated heterocycles. The molecule has 0 unspecified atom stereocenters. The Kier molecular flexibility index (Phi) is 3.26. The first kappa shape index (κ1) is 13.9. The Hall–Kier alpha value is -1.75. The highest BCUT2D eigenvalue weighted by atomic mass is 32.2. The number of aliphatic imine (C=N–C) groups is 1. The van der Waals surface area contributed by atoms with Crippen LogP contribution in [0.2, 0.25) is 0 Å². The van der Waals surface area contributed by atoms with Gasteiger partial charge in [-0.2, -0.15) is 0 Å². The van der Waals surface area contributed by atoms with Crippen LogP contribution in [0, 0.1) is 6.92 Å². The molecule has 4 rings (SSSR count). The molecular formula is C17H20N4S. The summed E-state index contributed by atoms with van der Waals surface area (Å²) in [4.78, 5) is 12.0. The Morgan fingerprint density at radius 3 is 2.77 bits per heavy atom. The lowest BCUT2D eigenvalue weighted by Crippen LogP contribution is -2.30. The van der Waals surface area contributed by atoms with Gasteiger partial charge in [0.15, 0.2) is 5.17 Å². The predicted molar refractivity (Wildman–Crippen MR) is 91.1 cm³/mol. The number of aryl methyl sites for hydroxylation is 1. The summed E-state index contributed by atoms with van der Waals surface area (Å²) in [6.45, 7) is 5.48. The van der Waals surface area contributed by atoms with E-state index in [9.17, 15) is 0 Å². The molecule has 22 heavy (non-hydrogen) atoms. The fourth-order valence-electron chi connectivity index (χ4n) is 3.37. The lowest BCUT2D eigenvalue weighted by molar-refractivity contribution is 0.309. The van der Waals surface area contributed by atoms with Crippen LogP contribution in [0.4, 0.5) is 0 Å². The number of hydrogen-bond donors (Lipinski definition) is 0. The van der Waals surface area contributed by atoms with Crippen molar-refractivity contribution >= 4 is 16.9 Å². The molecule has 0 aliphatic carbocycles. The van der Waals surface area contributed by atoms with Crippen LogP contribution < -0.4 is 0 Å². The molecule has 4 nitrogen and oxygen atoms in total. The van der Waals surface area contributed by atoms with E-state index >= 15 is 0 Å². The summed E-state index contributed by atoms with van der Waals surface area (Å²) < 4.78 is 2.28. The average Bonchev–Trinajstić information content (AvgIpc) is 3.14. The van der Waals surface area contributed by atoms with Gasteiger partial charge < -0.3 is 9.47 Å². The van der Waals surface area contributed by atoms with Crippen LogP contribution in [0.3, 0.4) is 0 Å². The van der Waals surface area contributed by atoms with Gasteiger partial charge in [-0.1, -0.05) is 24.8 Å². The molecule has 1 fully saturated rings. The Morgan fingerprint density at radius 1 is 1.23 bits per heavy atom. The molecule has 0 saturated carbocycles. The highest BCUT2D eigenvalue weighted by molar-refractivity contribution is 8.14. The minimum atomic E-state index is 0.0872. The fourth-order valence-corrected chi connectivity index (χ4v) is 4.46. The third kappa shape index (κ3) is 2.07. The third-order valence-electron chi connectivity index (χ3n) is 4.60. The molecule has 0 spiro atoms. The van der Waals surface area contributed by atoms with Crippen molar-refractivity contribution in [3.63, 3.8) is 0 Å². The zero-order valence-corrected chi connectivity index (χ0v) is 13.9.